The van der Waals surface area contributed by atoms with Gasteiger partial charge in [0, 0.05) is 11.1 Å². The Labute approximate surface area is 227 Å². The van der Waals surface area contributed by atoms with Crippen molar-refractivity contribution in [3.05, 3.63) is 72.8 Å². The summed E-state index contributed by atoms with van der Waals surface area (Å²) in [6, 6.07) is 18.9. The Bertz CT molecular complexity index is 1610. The van der Waals surface area contributed by atoms with Crippen molar-refractivity contribution in [3.8, 4) is 17.2 Å². The molecule has 0 bridgehead atoms. The highest BCUT2D eigenvalue weighted by Crippen LogP contribution is 2.36. The third-order valence-electron chi connectivity index (χ3n) is 7.15. The number of para-hydroxylation sites is 2. The zero-order valence-electron chi connectivity index (χ0n) is 22.1. The smallest absolute Gasteiger partial charge is 0.252 e. The zero-order chi connectivity index (χ0) is 27.9. The van der Waals surface area contributed by atoms with E-state index in [1.807, 2.05) is 31.2 Å². The van der Waals surface area contributed by atoms with Gasteiger partial charge in [0.15, 0.2) is 5.58 Å². The third kappa shape index (κ3) is 4.70. The molecule has 1 aliphatic rings. The van der Waals surface area contributed by atoms with Crippen LogP contribution in [0.2, 0.25) is 0 Å². The average Bonchev–Trinajstić information content (AvgIpc) is 3.49. The molecule has 2 amide bonds. The van der Waals surface area contributed by atoms with Crippen molar-refractivity contribution in [2.24, 2.45) is 0 Å². The molecule has 2 heterocycles. The number of benzene rings is 3. The first-order valence-electron chi connectivity index (χ1n) is 12.6. The van der Waals surface area contributed by atoms with Gasteiger partial charge < -0.3 is 9.15 Å². The lowest BCUT2D eigenvalue weighted by molar-refractivity contribution is -0.122. The molecule has 10 heteroatoms. The monoisotopic (exact) mass is 547 g/mol. The highest BCUT2D eigenvalue weighted by atomic mass is 32.2. The number of sulfonamides is 1. The number of methoxy groups -OCH3 is 1. The standard InChI is InChI=1S/C29H29N3O6S/c1-5-29(2,3)32(39(35,36)22-16-14-21(37-4)15-17-22)24-18-26(33)31(28(24)34)20-12-10-19(11-13-20)27-30-23-8-6-7-9-25(23)38-27/h6-17,24H,5,18H2,1-4H3. The second kappa shape index (κ2) is 9.94. The van der Waals surface area contributed by atoms with Gasteiger partial charge in [-0.25, -0.2) is 18.3 Å². The van der Waals surface area contributed by atoms with Crippen molar-refractivity contribution in [1.29, 1.82) is 0 Å². The van der Waals surface area contributed by atoms with Crippen molar-refractivity contribution in [2.75, 3.05) is 12.0 Å². The highest BCUT2D eigenvalue weighted by Gasteiger charge is 2.51. The SMILES string of the molecule is CCC(C)(C)N(C1CC(=O)N(c2ccc(-c3nc4ccccc4o3)cc2)C1=O)S(=O)(=O)c1ccc(OC)cc1. The third-order valence-corrected chi connectivity index (χ3v) is 9.28. The van der Waals surface area contributed by atoms with E-state index in [9.17, 15) is 18.0 Å². The van der Waals surface area contributed by atoms with Gasteiger partial charge in [-0.05, 0) is 80.9 Å². The summed E-state index contributed by atoms with van der Waals surface area (Å²) in [6.07, 6.45) is 0.171. The van der Waals surface area contributed by atoms with Gasteiger partial charge in [-0.2, -0.15) is 4.31 Å². The number of hydrogen-bond acceptors (Lipinski definition) is 7. The van der Waals surface area contributed by atoms with Crippen LogP contribution in [0.4, 0.5) is 5.69 Å². The highest BCUT2D eigenvalue weighted by molar-refractivity contribution is 7.89. The summed E-state index contributed by atoms with van der Waals surface area (Å²) in [5, 5.41) is 0. The fourth-order valence-electron chi connectivity index (χ4n) is 4.75. The molecule has 1 atom stereocenters. The van der Waals surface area contributed by atoms with Crippen LogP contribution in [-0.2, 0) is 19.6 Å². The Hall–Kier alpha value is -4.02. The number of carbonyl (C=O) groups excluding carboxylic acids is 2. The maximum Gasteiger partial charge on any atom is 0.252 e. The Morgan fingerprint density at radius 1 is 1.03 bits per heavy atom. The molecule has 39 heavy (non-hydrogen) atoms. The molecular formula is C29H29N3O6S. The first-order chi connectivity index (χ1) is 18.6. The summed E-state index contributed by atoms with van der Waals surface area (Å²) in [5.74, 6) is -0.134. The average molecular weight is 548 g/mol. The van der Waals surface area contributed by atoms with Crippen molar-refractivity contribution >= 4 is 38.6 Å². The number of nitrogens with zero attached hydrogens (tertiary/aromatic N) is 3. The van der Waals surface area contributed by atoms with Crippen LogP contribution in [-0.4, -0.2) is 48.2 Å². The molecule has 1 saturated heterocycles. The molecule has 1 unspecified atom stereocenters. The van der Waals surface area contributed by atoms with Crippen LogP contribution in [0.1, 0.15) is 33.6 Å². The van der Waals surface area contributed by atoms with E-state index >= 15 is 0 Å². The van der Waals surface area contributed by atoms with Gasteiger partial charge in [-0.15, -0.1) is 0 Å². The number of fused-ring (bicyclic) bond motifs is 1. The molecule has 9 nitrogen and oxygen atoms in total. The first-order valence-corrected chi connectivity index (χ1v) is 14.0. The number of amides is 2. The van der Waals surface area contributed by atoms with E-state index in [0.29, 0.717) is 34.9 Å². The topological polar surface area (TPSA) is 110 Å². The first kappa shape index (κ1) is 26.6. The number of oxazole rings is 1. The van der Waals surface area contributed by atoms with E-state index in [0.717, 1.165) is 10.4 Å². The number of rotatable bonds is 8. The summed E-state index contributed by atoms with van der Waals surface area (Å²) in [4.78, 5) is 32.5. The molecule has 4 aromatic rings. The van der Waals surface area contributed by atoms with Crippen LogP contribution in [0.15, 0.2) is 82.1 Å². The van der Waals surface area contributed by atoms with Crippen LogP contribution in [0, 0.1) is 0 Å². The quantitative estimate of drug-likeness (QED) is 0.285. The molecule has 1 aliphatic heterocycles. The number of imide groups is 1. The minimum absolute atomic E-state index is 0.0196. The van der Waals surface area contributed by atoms with Gasteiger partial charge in [0.1, 0.15) is 17.3 Å². The van der Waals surface area contributed by atoms with E-state index in [-0.39, 0.29) is 11.3 Å². The van der Waals surface area contributed by atoms with Gasteiger partial charge in [0.25, 0.3) is 5.91 Å². The fourth-order valence-corrected chi connectivity index (χ4v) is 6.74. The Morgan fingerprint density at radius 3 is 2.31 bits per heavy atom. The minimum atomic E-state index is -4.14. The van der Waals surface area contributed by atoms with Gasteiger partial charge in [0.05, 0.1) is 24.1 Å². The molecule has 0 radical (unpaired) electrons. The molecule has 0 N–H and O–H groups in total. The van der Waals surface area contributed by atoms with Gasteiger partial charge in [0.2, 0.25) is 21.8 Å². The van der Waals surface area contributed by atoms with Gasteiger partial charge in [-0.1, -0.05) is 19.1 Å². The normalized spacial score (nSPS) is 16.4. The summed E-state index contributed by atoms with van der Waals surface area (Å²) >= 11 is 0. The Balaban J connectivity index is 1.47. The molecule has 1 aromatic heterocycles. The van der Waals surface area contributed by atoms with Gasteiger partial charge >= 0.3 is 0 Å². The molecular weight excluding hydrogens is 518 g/mol. The van der Waals surface area contributed by atoms with Crippen LogP contribution >= 0.6 is 0 Å². The summed E-state index contributed by atoms with van der Waals surface area (Å²) < 4.78 is 39.9. The zero-order valence-corrected chi connectivity index (χ0v) is 22.9. The lowest BCUT2D eigenvalue weighted by Gasteiger charge is -2.39. The van der Waals surface area contributed by atoms with Crippen LogP contribution in [0.3, 0.4) is 0 Å². The molecule has 1 fully saturated rings. The van der Waals surface area contributed by atoms with Crippen molar-refractivity contribution < 1.29 is 27.2 Å². The number of ether oxygens (including phenoxy) is 1. The number of hydrogen-bond donors (Lipinski definition) is 0. The van der Waals surface area contributed by atoms with Crippen molar-refractivity contribution in [2.45, 2.75) is 50.1 Å². The van der Waals surface area contributed by atoms with E-state index in [2.05, 4.69) is 4.98 Å². The van der Waals surface area contributed by atoms with Crippen LogP contribution in [0.25, 0.3) is 22.6 Å². The Morgan fingerprint density at radius 2 is 1.69 bits per heavy atom. The van der Waals surface area contributed by atoms with Crippen molar-refractivity contribution in [3.63, 3.8) is 0 Å². The van der Waals surface area contributed by atoms with Crippen LogP contribution < -0.4 is 9.64 Å². The molecule has 3 aromatic carbocycles. The predicted octanol–water partition coefficient (Wildman–Crippen LogP) is 5.01. The van der Waals surface area contributed by atoms with E-state index < -0.39 is 33.4 Å². The van der Waals surface area contributed by atoms with E-state index in [1.165, 1.54) is 23.5 Å². The van der Waals surface area contributed by atoms with E-state index in [1.54, 1.807) is 50.2 Å². The summed E-state index contributed by atoms with van der Waals surface area (Å²) in [7, 11) is -2.65. The lowest BCUT2D eigenvalue weighted by Crippen LogP contribution is -2.55. The molecule has 0 spiro atoms. The lowest BCUT2D eigenvalue weighted by atomic mass is 10.00. The maximum absolute atomic E-state index is 13.9. The van der Waals surface area contributed by atoms with Crippen LogP contribution in [0.5, 0.6) is 5.75 Å². The minimum Gasteiger partial charge on any atom is -0.497 e. The maximum atomic E-state index is 13.9. The predicted molar refractivity (Wildman–Crippen MR) is 147 cm³/mol. The molecule has 5 rings (SSSR count). The number of aromatic nitrogens is 1. The second-order valence-electron chi connectivity index (χ2n) is 9.96. The summed E-state index contributed by atoms with van der Waals surface area (Å²) in [5.41, 5.74) is 1.47. The molecule has 0 aliphatic carbocycles. The molecule has 202 valence electrons. The summed E-state index contributed by atoms with van der Waals surface area (Å²) in [6.45, 7) is 5.35. The number of anilines is 1. The van der Waals surface area contributed by atoms with Crippen molar-refractivity contribution in [1.82, 2.24) is 9.29 Å². The Kier molecular flexibility index (Phi) is 6.77. The largest absolute Gasteiger partial charge is 0.497 e. The fraction of sp³-hybridized carbons (Fsp3) is 0.276. The second-order valence-corrected chi connectivity index (χ2v) is 11.8. The number of carbonyl (C=O) groups is 2. The van der Waals surface area contributed by atoms with Gasteiger partial charge in [-0.3, -0.25) is 9.59 Å². The molecule has 0 saturated carbocycles. The van der Waals surface area contributed by atoms with E-state index in [4.69, 9.17) is 9.15 Å².